The number of piperidine rings is 1. The summed E-state index contributed by atoms with van der Waals surface area (Å²) < 4.78 is 10.6. The molecule has 0 spiro atoms. The lowest BCUT2D eigenvalue weighted by atomic mass is 9.95. The maximum atomic E-state index is 12.5. The van der Waals surface area contributed by atoms with Gasteiger partial charge in [-0.2, -0.15) is 0 Å². The van der Waals surface area contributed by atoms with Gasteiger partial charge in [-0.3, -0.25) is 14.4 Å². The van der Waals surface area contributed by atoms with E-state index >= 15 is 0 Å². The van der Waals surface area contributed by atoms with Crippen LogP contribution in [0.15, 0.2) is 48.5 Å². The minimum absolute atomic E-state index is 0.0119. The molecule has 162 valence electrons. The van der Waals surface area contributed by atoms with Crippen LogP contribution in [0.4, 0.5) is 0 Å². The number of carbonyl (C=O) groups excluding carboxylic acids is 3. The summed E-state index contributed by atoms with van der Waals surface area (Å²) in [7, 11) is 0. The van der Waals surface area contributed by atoms with E-state index in [2.05, 4.69) is 10.6 Å². The molecule has 8 heteroatoms. The average Bonchev–Trinajstić information content (AvgIpc) is 3.29. The summed E-state index contributed by atoms with van der Waals surface area (Å²) in [5.41, 5.74) is 1.47. The van der Waals surface area contributed by atoms with E-state index in [0.717, 1.165) is 5.56 Å². The second-order valence-electron chi connectivity index (χ2n) is 7.61. The van der Waals surface area contributed by atoms with Crippen LogP contribution in [0.25, 0.3) is 0 Å². The third-order valence-corrected chi connectivity index (χ3v) is 5.56. The van der Waals surface area contributed by atoms with Crippen molar-refractivity contribution in [2.45, 2.75) is 19.4 Å². The van der Waals surface area contributed by atoms with Crippen molar-refractivity contribution < 1.29 is 23.9 Å². The number of ether oxygens (including phenoxy) is 2. The molecule has 0 aromatic heterocycles. The van der Waals surface area contributed by atoms with E-state index in [-0.39, 0.29) is 37.0 Å². The van der Waals surface area contributed by atoms with E-state index in [1.54, 1.807) is 29.2 Å². The average molecular weight is 423 g/mol. The lowest BCUT2D eigenvalue weighted by Gasteiger charge is -2.31. The van der Waals surface area contributed by atoms with Gasteiger partial charge in [0.1, 0.15) is 0 Å². The van der Waals surface area contributed by atoms with Gasteiger partial charge in [0, 0.05) is 31.1 Å². The maximum absolute atomic E-state index is 12.5. The van der Waals surface area contributed by atoms with Crippen molar-refractivity contribution in [3.05, 3.63) is 59.7 Å². The second kappa shape index (κ2) is 9.51. The molecule has 2 aliphatic rings. The van der Waals surface area contributed by atoms with Crippen LogP contribution in [-0.2, 0) is 16.1 Å². The molecule has 2 heterocycles. The predicted molar refractivity (Wildman–Crippen MR) is 112 cm³/mol. The molecule has 1 fully saturated rings. The third-order valence-electron chi connectivity index (χ3n) is 5.56. The Hall–Kier alpha value is -3.55. The summed E-state index contributed by atoms with van der Waals surface area (Å²) in [6.07, 6.45) is 1.21. The van der Waals surface area contributed by atoms with Crippen LogP contribution in [0.3, 0.4) is 0 Å². The van der Waals surface area contributed by atoms with Gasteiger partial charge < -0.3 is 25.0 Å². The topological polar surface area (TPSA) is 97.0 Å². The van der Waals surface area contributed by atoms with Gasteiger partial charge in [0.15, 0.2) is 11.5 Å². The molecule has 3 amide bonds. The number of carbonyl (C=O) groups is 3. The highest BCUT2D eigenvalue weighted by Crippen LogP contribution is 2.32. The Morgan fingerprint density at radius 2 is 1.68 bits per heavy atom. The molecule has 0 atom stereocenters. The van der Waals surface area contributed by atoms with E-state index in [1.165, 1.54) is 0 Å². The Bertz CT molecular complexity index is 955. The van der Waals surface area contributed by atoms with E-state index in [4.69, 9.17) is 9.47 Å². The van der Waals surface area contributed by atoms with Crippen LogP contribution < -0.4 is 20.1 Å². The zero-order chi connectivity index (χ0) is 21.6. The van der Waals surface area contributed by atoms with E-state index in [9.17, 15) is 14.4 Å². The van der Waals surface area contributed by atoms with Crippen molar-refractivity contribution in [1.82, 2.24) is 15.5 Å². The number of hydrogen-bond acceptors (Lipinski definition) is 5. The second-order valence-corrected chi connectivity index (χ2v) is 7.61. The number of nitrogens with zero attached hydrogens (tertiary/aromatic N) is 1. The number of amides is 3. The Balaban J connectivity index is 1.18. The van der Waals surface area contributed by atoms with Crippen LogP contribution in [-0.4, -0.2) is 49.0 Å². The molecule has 31 heavy (non-hydrogen) atoms. The molecule has 4 rings (SSSR count). The molecule has 2 aromatic rings. The predicted octanol–water partition coefficient (Wildman–Crippen LogP) is 1.70. The van der Waals surface area contributed by atoms with Gasteiger partial charge in [0.05, 0.1) is 6.54 Å². The highest BCUT2D eigenvalue weighted by molar-refractivity contribution is 5.96. The summed E-state index contributed by atoms with van der Waals surface area (Å²) in [6.45, 7) is 1.59. The summed E-state index contributed by atoms with van der Waals surface area (Å²) in [5, 5.41) is 5.62. The fraction of sp³-hybridized carbons (Fsp3) is 0.348. The lowest BCUT2D eigenvalue weighted by molar-refractivity contribution is -0.134. The van der Waals surface area contributed by atoms with Crippen molar-refractivity contribution >= 4 is 17.7 Å². The third kappa shape index (κ3) is 5.14. The number of likely N-dealkylation sites (tertiary alicyclic amines) is 1. The van der Waals surface area contributed by atoms with Gasteiger partial charge in [-0.05, 0) is 42.7 Å². The number of hydrogen-bond donors (Lipinski definition) is 2. The Morgan fingerprint density at radius 3 is 2.45 bits per heavy atom. The Labute approximate surface area is 180 Å². The number of benzene rings is 2. The molecule has 0 aliphatic carbocycles. The molecule has 2 aliphatic heterocycles. The molecule has 8 nitrogen and oxygen atoms in total. The molecule has 0 saturated carbocycles. The van der Waals surface area contributed by atoms with Crippen LogP contribution in [0, 0.1) is 5.92 Å². The Kier molecular flexibility index (Phi) is 6.35. The monoisotopic (exact) mass is 423 g/mol. The minimum atomic E-state index is -0.272. The lowest BCUT2D eigenvalue weighted by Crippen LogP contribution is -2.46. The summed E-state index contributed by atoms with van der Waals surface area (Å²) in [6, 6.07) is 14.4. The van der Waals surface area contributed by atoms with Crippen molar-refractivity contribution in [2.24, 2.45) is 5.92 Å². The number of fused-ring (bicyclic) bond motifs is 1. The number of rotatable bonds is 6. The summed E-state index contributed by atoms with van der Waals surface area (Å²) in [5.74, 6) is 0.861. The first-order chi connectivity index (χ1) is 15.1. The fourth-order valence-electron chi connectivity index (χ4n) is 3.73. The smallest absolute Gasteiger partial charge is 0.251 e. The molecule has 0 radical (unpaired) electrons. The minimum Gasteiger partial charge on any atom is -0.454 e. The first kappa shape index (κ1) is 20.7. The zero-order valence-electron chi connectivity index (χ0n) is 17.1. The zero-order valence-corrected chi connectivity index (χ0v) is 17.1. The van der Waals surface area contributed by atoms with Gasteiger partial charge in [-0.15, -0.1) is 0 Å². The normalized spacial score (nSPS) is 15.4. The largest absolute Gasteiger partial charge is 0.454 e. The van der Waals surface area contributed by atoms with Gasteiger partial charge >= 0.3 is 0 Å². The SMILES string of the molecule is O=C(NCC(=O)N1CCC(C(=O)NCc2ccc3c(c2)OCO3)CC1)c1ccccc1. The maximum Gasteiger partial charge on any atom is 0.251 e. The molecule has 0 bridgehead atoms. The quantitative estimate of drug-likeness (QED) is 0.737. The highest BCUT2D eigenvalue weighted by atomic mass is 16.7. The van der Waals surface area contributed by atoms with Crippen molar-refractivity contribution in [3.8, 4) is 11.5 Å². The molecular formula is C23H25N3O5. The first-order valence-corrected chi connectivity index (χ1v) is 10.4. The van der Waals surface area contributed by atoms with Crippen LogP contribution in [0.5, 0.6) is 11.5 Å². The van der Waals surface area contributed by atoms with E-state index < -0.39 is 0 Å². The van der Waals surface area contributed by atoms with Gasteiger partial charge in [0.25, 0.3) is 5.91 Å². The van der Waals surface area contributed by atoms with E-state index in [1.807, 2.05) is 24.3 Å². The van der Waals surface area contributed by atoms with Gasteiger partial charge in [0.2, 0.25) is 18.6 Å². The first-order valence-electron chi connectivity index (χ1n) is 10.4. The molecule has 1 saturated heterocycles. The molecule has 0 unspecified atom stereocenters. The van der Waals surface area contributed by atoms with Crippen molar-refractivity contribution in [1.29, 1.82) is 0 Å². The summed E-state index contributed by atoms with van der Waals surface area (Å²) >= 11 is 0. The Morgan fingerprint density at radius 1 is 0.935 bits per heavy atom. The van der Waals surface area contributed by atoms with Crippen molar-refractivity contribution in [2.75, 3.05) is 26.4 Å². The van der Waals surface area contributed by atoms with Crippen LogP contribution in [0.1, 0.15) is 28.8 Å². The van der Waals surface area contributed by atoms with E-state index in [0.29, 0.717) is 49.5 Å². The molecule has 2 N–H and O–H groups in total. The van der Waals surface area contributed by atoms with Crippen LogP contribution in [0.2, 0.25) is 0 Å². The fourth-order valence-corrected chi connectivity index (χ4v) is 3.73. The summed E-state index contributed by atoms with van der Waals surface area (Å²) in [4.78, 5) is 38.7. The molecular weight excluding hydrogens is 398 g/mol. The molecule has 2 aromatic carbocycles. The van der Waals surface area contributed by atoms with Gasteiger partial charge in [-0.1, -0.05) is 24.3 Å². The van der Waals surface area contributed by atoms with Crippen molar-refractivity contribution in [3.63, 3.8) is 0 Å². The van der Waals surface area contributed by atoms with Gasteiger partial charge in [-0.25, -0.2) is 0 Å². The highest BCUT2D eigenvalue weighted by Gasteiger charge is 2.27. The van der Waals surface area contributed by atoms with Crippen LogP contribution >= 0.6 is 0 Å². The number of nitrogens with one attached hydrogen (secondary N) is 2. The standard InChI is InChI=1S/C23H25N3O5/c27-21(14-25-22(28)17-4-2-1-3-5-17)26-10-8-18(9-11-26)23(29)24-13-16-6-7-19-20(12-16)31-15-30-19/h1-7,12,18H,8-11,13-15H2,(H,24,29)(H,25,28).